The van der Waals surface area contributed by atoms with Gasteiger partial charge in [0.2, 0.25) is 10.0 Å². The second-order valence-electron chi connectivity index (χ2n) is 5.35. The number of sulfonamides is 1. The first-order valence-corrected chi connectivity index (χ1v) is 8.56. The number of ketones is 1. The highest BCUT2D eigenvalue weighted by atomic mass is 32.2. The maximum Gasteiger partial charge on any atom is 0.211 e. The standard InChI is InChI=1S/C14H17F2NO3S/c1-21(19,20)17-7-3-4-10(9-17)8-13(18)14-11(15)5-2-6-12(14)16/h2,5-6,10H,3-4,7-9H2,1H3. The van der Waals surface area contributed by atoms with Gasteiger partial charge in [-0.15, -0.1) is 0 Å². The first-order chi connectivity index (χ1) is 9.79. The Morgan fingerprint density at radius 2 is 1.95 bits per heavy atom. The van der Waals surface area contributed by atoms with Crippen molar-refractivity contribution >= 4 is 15.8 Å². The number of hydrogen-bond acceptors (Lipinski definition) is 3. The highest BCUT2D eigenvalue weighted by Crippen LogP contribution is 2.24. The first kappa shape index (κ1) is 16.0. The number of nitrogens with zero attached hydrogens (tertiary/aromatic N) is 1. The molecule has 1 saturated heterocycles. The lowest BCUT2D eigenvalue weighted by molar-refractivity contribution is 0.0934. The third-order valence-corrected chi connectivity index (χ3v) is 4.94. The molecule has 1 unspecified atom stereocenters. The van der Waals surface area contributed by atoms with Crippen LogP contribution in [0.3, 0.4) is 0 Å². The minimum Gasteiger partial charge on any atom is -0.294 e. The normalized spacial score (nSPS) is 20.4. The summed E-state index contributed by atoms with van der Waals surface area (Å²) in [5, 5.41) is 0. The average Bonchev–Trinajstić information content (AvgIpc) is 2.37. The van der Waals surface area contributed by atoms with Crippen LogP contribution in [-0.2, 0) is 10.0 Å². The van der Waals surface area contributed by atoms with Gasteiger partial charge in [-0.05, 0) is 30.9 Å². The smallest absolute Gasteiger partial charge is 0.211 e. The Morgan fingerprint density at radius 1 is 1.33 bits per heavy atom. The summed E-state index contributed by atoms with van der Waals surface area (Å²) in [6.45, 7) is 0.651. The van der Waals surface area contributed by atoms with Crippen LogP contribution in [0.4, 0.5) is 8.78 Å². The van der Waals surface area contributed by atoms with E-state index >= 15 is 0 Å². The number of rotatable bonds is 4. The Morgan fingerprint density at radius 3 is 2.52 bits per heavy atom. The van der Waals surface area contributed by atoms with Crippen molar-refractivity contribution in [2.24, 2.45) is 5.92 Å². The van der Waals surface area contributed by atoms with Crippen molar-refractivity contribution in [2.75, 3.05) is 19.3 Å². The highest BCUT2D eigenvalue weighted by Gasteiger charge is 2.28. The number of carbonyl (C=O) groups excluding carboxylic acids is 1. The molecule has 4 nitrogen and oxygen atoms in total. The molecule has 0 spiro atoms. The van der Waals surface area contributed by atoms with Gasteiger partial charge in [-0.1, -0.05) is 6.07 Å². The third kappa shape index (κ3) is 3.85. The zero-order chi connectivity index (χ0) is 15.6. The van der Waals surface area contributed by atoms with Crippen LogP contribution in [0.25, 0.3) is 0 Å². The van der Waals surface area contributed by atoms with E-state index in [4.69, 9.17) is 0 Å². The predicted molar refractivity (Wildman–Crippen MR) is 74.4 cm³/mol. The Bertz CT molecular complexity index is 625. The van der Waals surface area contributed by atoms with Crippen LogP contribution in [0.15, 0.2) is 18.2 Å². The largest absolute Gasteiger partial charge is 0.294 e. The van der Waals surface area contributed by atoms with E-state index in [0.29, 0.717) is 19.4 Å². The number of piperidine rings is 1. The van der Waals surface area contributed by atoms with Gasteiger partial charge in [-0.3, -0.25) is 4.79 Å². The van der Waals surface area contributed by atoms with Crippen LogP contribution in [0.2, 0.25) is 0 Å². The molecular weight excluding hydrogens is 300 g/mol. The van der Waals surface area contributed by atoms with E-state index in [1.165, 1.54) is 10.4 Å². The maximum absolute atomic E-state index is 13.6. The molecule has 0 saturated carbocycles. The molecule has 1 heterocycles. The monoisotopic (exact) mass is 317 g/mol. The summed E-state index contributed by atoms with van der Waals surface area (Å²) in [5.41, 5.74) is -0.533. The van der Waals surface area contributed by atoms with Gasteiger partial charge in [-0.25, -0.2) is 21.5 Å². The molecule has 1 fully saturated rings. The Labute approximate surface area is 122 Å². The van der Waals surface area contributed by atoms with Crippen molar-refractivity contribution in [3.8, 4) is 0 Å². The van der Waals surface area contributed by atoms with Crippen LogP contribution in [-0.4, -0.2) is 37.9 Å². The lowest BCUT2D eigenvalue weighted by atomic mass is 9.91. The number of hydrogen-bond donors (Lipinski definition) is 0. The lowest BCUT2D eigenvalue weighted by Gasteiger charge is -2.30. The molecule has 0 radical (unpaired) electrons. The van der Waals surface area contributed by atoms with Crippen molar-refractivity contribution in [1.29, 1.82) is 0 Å². The van der Waals surface area contributed by atoms with Gasteiger partial charge in [0.1, 0.15) is 11.6 Å². The molecule has 0 aromatic heterocycles. The molecule has 0 N–H and O–H groups in total. The summed E-state index contributed by atoms with van der Waals surface area (Å²) >= 11 is 0. The molecule has 0 amide bonds. The van der Waals surface area contributed by atoms with Crippen molar-refractivity contribution in [3.63, 3.8) is 0 Å². The van der Waals surface area contributed by atoms with Gasteiger partial charge in [0.15, 0.2) is 5.78 Å². The zero-order valence-corrected chi connectivity index (χ0v) is 12.5. The summed E-state index contributed by atoms with van der Waals surface area (Å²) in [4.78, 5) is 12.1. The van der Waals surface area contributed by atoms with E-state index in [9.17, 15) is 22.0 Å². The van der Waals surface area contributed by atoms with Crippen LogP contribution >= 0.6 is 0 Å². The Hall–Kier alpha value is -1.34. The summed E-state index contributed by atoms with van der Waals surface area (Å²) in [7, 11) is -3.30. The minimum atomic E-state index is -3.30. The number of benzene rings is 1. The zero-order valence-electron chi connectivity index (χ0n) is 11.7. The van der Waals surface area contributed by atoms with E-state index in [1.54, 1.807) is 0 Å². The molecular formula is C14H17F2NO3S. The predicted octanol–water partition coefficient (Wildman–Crippen LogP) is 2.21. The second-order valence-corrected chi connectivity index (χ2v) is 7.34. The number of carbonyl (C=O) groups is 1. The molecule has 0 bridgehead atoms. The summed E-state index contributed by atoms with van der Waals surface area (Å²) in [5.74, 6) is -2.59. The van der Waals surface area contributed by atoms with E-state index in [1.807, 2.05) is 0 Å². The summed E-state index contributed by atoms with van der Waals surface area (Å²) < 4.78 is 51.5. The van der Waals surface area contributed by atoms with E-state index in [0.717, 1.165) is 18.4 Å². The van der Waals surface area contributed by atoms with Gasteiger partial charge in [0, 0.05) is 19.5 Å². The van der Waals surface area contributed by atoms with Crippen molar-refractivity contribution in [3.05, 3.63) is 35.4 Å². The van der Waals surface area contributed by atoms with Gasteiger partial charge in [0.05, 0.1) is 11.8 Å². The molecule has 0 aliphatic carbocycles. The second kappa shape index (κ2) is 6.19. The average molecular weight is 317 g/mol. The highest BCUT2D eigenvalue weighted by molar-refractivity contribution is 7.88. The van der Waals surface area contributed by atoms with Gasteiger partial charge in [0.25, 0.3) is 0 Å². The molecule has 21 heavy (non-hydrogen) atoms. The fraction of sp³-hybridized carbons (Fsp3) is 0.500. The van der Waals surface area contributed by atoms with Gasteiger partial charge >= 0.3 is 0 Å². The Kier molecular flexibility index (Phi) is 4.73. The topological polar surface area (TPSA) is 54.5 Å². The van der Waals surface area contributed by atoms with Crippen molar-refractivity contribution in [1.82, 2.24) is 4.31 Å². The molecule has 1 aliphatic rings. The molecule has 1 aromatic carbocycles. The van der Waals surface area contributed by atoms with E-state index in [2.05, 4.69) is 0 Å². The van der Waals surface area contributed by atoms with Crippen LogP contribution in [0.1, 0.15) is 29.6 Å². The van der Waals surface area contributed by atoms with Crippen LogP contribution in [0.5, 0.6) is 0 Å². The third-order valence-electron chi connectivity index (χ3n) is 3.67. The van der Waals surface area contributed by atoms with Crippen LogP contribution < -0.4 is 0 Å². The van der Waals surface area contributed by atoms with E-state index in [-0.39, 0.29) is 18.9 Å². The van der Waals surface area contributed by atoms with Crippen molar-refractivity contribution < 1.29 is 22.0 Å². The molecule has 1 aromatic rings. The summed E-state index contributed by atoms with van der Waals surface area (Å²) in [6, 6.07) is 3.29. The van der Waals surface area contributed by atoms with Gasteiger partial charge in [-0.2, -0.15) is 0 Å². The van der Waals surface area contributed by atoms with Crippen LogP contribution in [0, 0.1) is 17.6 Å². The Balaban J connectivity index is 2.10. The molecule has 116 valence electrons. The van der Waals surface area contributed by atoms with Crippen molar-refractivity contribution in [2.45, 2.75) is 19.3 Å². The maximum atomic E-state index is 13.6. The minimum absolute atomic E-state index is 0.0517. The molecule has 1 aliphatic heterocycles. The number of halogens is 2. The summed E-state index contributed by atoms with van der Waals surface area (Å²) in [6.07, 6.45) is 2.39. The molecule has 7 heteroatoms. The fourth-order valence-electron chi connectivity index (χ4n) is 2.62. The molecule has 1 atom stereocenters. The molecule has 2 rings (SSSR count). The SMILES string of the molecule is CS(=O)(=O)N1CCCC(CC(=O)c2c(F)cccc2F)C1. The fourth-order valence-corrected chi connectivity index (χ4v) is 3.57. The first-order valence-electron chi connectivity index (χ1n) is 6.71. The quantitative estimate of drug-likeness (QED) is 0.800. The van der Waals surface area contributed by atoms with Gasteiger partial charge < -0.3 is 0 Å². The number of Topliss-reactive ketones (excluding diaryl/α,β-unsaturated/α-hetero) is 1. The lowest BCUT2D eigenvalue weighted by Crippen LogP contribution is -2.39. The van der Waals surface area contributed by atoms with E-state index < -0.39 is 33.0 Å².